The van der Waals surface area contributed by atoms with Gasteiger partial charge in [0, 0.05) is 43.5 Å². The van der Waals surface area contributed by atoms with Crippen molar-refractivity contribution in [3.63, 3.8) is 0 Å². The van der Waals surface area contributed by atoms with Gasteiger partial charge in [0.05, 0.1) is 28.4 Å². The molecule has 1 heterocycles. The molecule has 4 N–H and O–H groups in total. The molecule has 0 atom stereocenters. The molecule has 0 aromatic heterocycles. The summed E-state index contributed by atoms with van der Waals surface area (Å²) < 4.78 is 107. The lowest BCUT2D eigenvalue weighted by Crippen LogP contribution is -2.30. The maximum Gasteiger partial charge on any atom is 0.294 e. The predicted octanol–water partition coefficient (Wildman–Crippen LogP) is 11.6. The molecule has 0 bridgehead atoms. The maximum atomic E-state index is 12.2. The number of aryl methyl sites for hydroxylation is 1. The minimum Gasteiger partial charge on any atom is -0.343 e. The summed E-state index contributed by atoms with van der Waals surface area (Å²) in [5.41, 5.74) is 7.84. The molecule has 0 radical (unpaired) electrons. The second kappa shape index (κ2) is 19.0. The zero-order valence-corrected chi connectivity index (χ0v) is 42.0. The fraction of sp³-hybridized carbons (Fsp3) is 0.280. The molecule has 68 heavy (non-hydrogen) atoms. The van der Waals surface area contributed by atoms with Crippen molar-refractivity contribution in [1.82, 2.24) is 0 Å². The second-order valence-electron chi connectivity index (χ2n) is 18.2. The van der Waals surface area contributed by atoms with Gasteiger partial charge in [0.15, 0.2) is 0 Å². The first-order valence-corrected chi connectivity index (χ1v) is 27.9. The summed E-state index contributed by atoms with van der Waals surface area (Å²) in [5, 5.41) is 15.7. The van der Waals surface area contributed by atoms with Gasteiger partial charge in [0.25, 0.3) is 30.4 Å². The fourth-order valence-corrected chi connectivity index (χ4v) is 12.8. The van der Waals surface area contributed by atoms with E-state index in [1.165, 1.54) is 12.1 Å². The monoisotopic (exact) mass is 1020 g/mol. The Bertz CT molecular complexity index is 3370. The molecule has 2 aliphatic carbocycles. The maximum absolute atomic E-state index is 12.2. The normalized spacial score (nSPS) is 18.5. The Morgan fingerprint density at radius 2 is 1.38 bits per heavy atom. The van der Waals surface area contributed by atoms with Crippen molar-refractivity contribution in [3.05, 3.63) is 159 Å². The van der Waals surface area contributed by atoms with Gasteiger partial charge in [-0.3, -0.25) is 13.7 Å². The van der Waals surface area contributed by atoms with Gasteiger partial charge < -0.3 is 4.90 Å². The van der Waals surface area contributed by atoms with E-state index in [1.54, 1.807) is 30.0 Å². The van der Waals surface area contributed by atoms with E-state index in [2.05, 4.69) is 65.7 Å². The van der Waals surface area contributed by atoms with E-state index in [9.17, 15) is 38.9 Å². The Kier molecular flexibility index (Phi) is 13.9. The lowest BCUT2D eigenvalue weighted by molar-refractivity contribution is -0.432. The highest BCUT2D eigenvalue weighted by Gasteiger charge is 2.42. The third-order valence-corrected chi connectivity index (χ3v) is 17.1. The van der Waals surface area contributed by atoms with Gasteiger partial charge in [-0.25, -0.2) is 5.26 Å². The van der Waals surface area contributed by atoms with Crippen molar-refractivity contribution in [3.8, 4) is 0 Å². The van der Waals surface area contributed by atoms with Crippen molar-refractivity contribution < 1.29 is 53.5 Å². The van der Waals surface area contributed by atoms with Crippen LogP contribution in [0.5, 0.6) is 0 Å². The van der Waals surface area contributed by atoms with Gasteiger partial charge in [0.1, 0.15) is 0 Å². The zero-order chi connectivity index (χ0) is 49.0. The molecule has 3 aliphatic rings. The number of hydrogen-bond donors (Lipinski definition) is 4. The molecule has 0 fully saturated rings. The number of hydrogen-bond acceptors (Lipinski definition) is 12. The third-order valence-electron chi connectivity index (χ3n) is 13.0. The van der Waals surface area contributed by atoms with Gasteiger partial charge in [0.2, 0.25) is 0 Å². The summed E-state index contributed by atoms with van der Waals surface area (Å²) in [5.74, 6) is -0.990. The van der Waals surface area contributed by atoms with Crippen LogP contribution in [0.25, 0.3) is 27.1 Å². The SMILES string of the molecule is Cc1ccc(SC2=C(/C=C/C3=C(CCS(=O)(=O)O)c4ccc5cc(SOOO)ccc5c4C3(C)C)CCCC2=C/C=C2/N(CCS(=O)(=O)O)c3ccc4cc(S(=O)(=O)O)ccc4c3C2(C)C)cc1. The van der Waals surface area contributed by atoms with E-state index in [-0.39, 0.29) is 17.9 Å². The van der Waals surface area contributed by atoms with Crippen molar-refractivity contribution in [2.24, 2.45) is 0 Å². The number of thioether (sulfide) groups is 1. The minimum absolute atomic E-state index is 0.0522. The largest absolute Gasteiger partial charge is 0.343 e. The molecule has 0 saturated heterocycles. The summed E-state index contributed by atoms with van der Waals surface area (Å²) in [6, 6.07) is 25.9. The second-order valence-corrected chi connectivity index (χ2v) is 24.7. The van der Waals surface area contributed by atoms with E-state index in [1.807, 2.05) is 62.1 Å². The van der Waals surface area contributed by atoms with E-state index in [4.69, 9.17) is 5.26 Å². The first-order chi connectivity index (χ1) is 32.0. The Hall–Kier alpha value is -4.57. The number of nitrogens with zero attached hydrogens (tertiary/aromatic N) is 1. The number of benzene rings is 5. The Morgan fingerprint density at radius 3 is 2.07 bits per heavy atom. The predicted molar refractivity (Wildman–Crippen MR) is 269 cm³/mol. The number of fused-ring (bicyclic) bond motifs is 6. The van der Waals surface area contributed by atoms with Crippen molar-refractivity contribution in [2.75, 3.05) is 23.0 Å². The minimum atomic E-state index is -4.47. The first-order valence-electron chi connectivity index (χ1n) is 21.7. The Labute approximate surface area is 405 Å². The van der Waals surface area contributed by atoms with Gasteiger partial charge >= 0.3 is 0 Å². The Balaban J connectivity index is 1.26. The van der Waals surface area contributed by atoms with Gasteiger partial charge in [-0.05, 0) is 142 Å². The van der Waals surface area contributed by atoms with E-state index >= 15 is 0 Å². The van der Waals surface area contributed by atoms with Crippen LogP contribution in [-0.2, 0) is 50.6 Å². The molecule has 0 spiro atoms. The topological polar surface area (TPSA) is 205 Å². The standard InChI is InChI=1S/C50H51NO12S5/c1-31-9-15-36(16-10-31)64-48-32(12-22-43-41(25-27-66(53,54)55)42-19-11-34-29-37(65-63-62-52)17-20-39(34)46(42)49(43,2)3)7-6-8-33(48)14-24-45-50(4,5)47-40-21-18-38(68(59,60)61)30-35(40)13-23-44(47)51(45)26-28-67(56,57)58/h9-24,29-30,52H,6-8,25-28H2,1-5H3,(H,53,54,55)(H,56,57,58)(H,59,60,61)/b22-12+,33-14?,45-24+. The number of rotatable bonds is 15. The molecule has 13 nitrogen and oxygen atoms in total. The van der Waals surface area contributed by atoms with Crippen LogP contribution in [0.1, 0.15) is 75.6 Å². The van der Waals surface area contributed by atoms with Crippen molar-refractivity contribution in [1.29, 1.82) is 0 Å². The lowest BCUT2D eigenvalue weighted by Gasteiger charge is -2.27. The molecule has 5 aromatic rings. The van der Waals surface area contributed by atoms with Crippen LogP contribution < -0.4 is 4.90 Å². The average Bonchev–Trinajstić information content (AvgIpc) is 3.63. The quantitative estimate of drug-likeness (QED) is 0.0333. The molecule has 0 amide bonds. The first kappa shape index (κ1) is 49.8. The molecule has 18 heteroatoms. The van der Waals surface area contributed by atoms with E-state index in [0.717, 1.165) is 108 Å². The van der Waals surface area contributed by atoms with Crippen molar-refractivity contribution >= 4 is 87.0 Å². The molecule has 0 saturated carbocycles. The van der Waals surface area contributed by atoms with Crippen LogP contribution in [0.4, 0.5) is 5.69 Å². The molecule has 8 rings (SSSR count). The summed E-state index contributed by atoms with van der Waals surface area (Å²) in [7, 11) is -13.1. The van der Waals surface area contributed by atoms with Crippen molar-refractivity contribution in [2.45, 2.75) is 85.8 Å². The summed E-state index contributed by atoms with van der Waals surface area (Å²) in [6.45, 7) is 10.2. The van der Waals surface area contributed by atoms with Gasteiger partial charge in [-0.2, -0.15) is 25.3 Å². The highest BCUT2D eigenvalue weighted by Crippen LogP contribution is 2.53. The fourth-order valence-electron chi connectivity index (χ4n) is 9.92. The molecular weight excluding hydrogens is 967 g/mol. The molecule has 358 valence electrons. The molecular formula is C50H51NO12S5. The smallest absolute Gasteiger partial charge is 0.294 e. The Morgan fingerprint density at radius 1 is 0.721 bits per heavy atom. The summed E-state index contributed by atoms with van der Waals surface area (Å²) in [6.07, 6.45) is 10.7. The van der Waals surface area contributed by atoms with Crippen LogP contribution in [-0.4, -0.2) is 62.2 Å². The van der Waals surface area contributed by atoms with Crippen LogP contribution in [0, 0.1) is 6.92 Å². The average molecular weight is 1020 g/mol. The molecule has 0 unspecified atom stereocenters. The highest BCUT2D eigenvalue weighted by molar-refractivity contribution is 8.03. The molecule has 1 aliphatic heterocycles. The summed E-state index contributed by atoms with van der Waals surface area (Å²) in [4.78, 5) is 4.40. The lowest BCUT2D eigenvalue weighted by atomic mass is 9.78. The highest BCUT2D eigenvalue weighted by atomic mass is 32.2. The van der Waals surface area contributed by atoms with Crippen LogP contribution in [0.2, 0.25) is 0 Å². The molecule has 5 aromatic carbocycles. The summed E-state index contributed by atoms with van der Waals surface area (Å²) >= 11 is 2.50. The number of allylic oxidation sites excluding steroid dienone is 9. The van der Waals surface area contributed by atoms with Gasteiger partial charge in [-0.1, -0.05) is 111 Å². The van der Waals surface area contributed by atoms with Crippen LogP contribution >= 0.6 is 23.8 Å². The van der Waals surface area contributed by atoms with E-state index in [0.29, 0.717) is 16.0 Å². The number of anilines is 1. The third kappa shape index (κ3) is 10.3. The zero-order valence-electron chi connectivity index (χ0n) is 37.9. The van der Waals surface area contributed by atoms with E-state index < -0.39 is 52.7 Å². The van der Waals surface area contributed by atoms with Gasteiger partial charge in [-0.15, -0.1) is 4.33 Å². The van der Waals surface area contributed by atoms with Crippen LogP contribution in [0.15, 0.2) is 151 Å². The van der Waals surface area contributed by atoms with Crippen LogP contribution in [0.3, 0.4) is 0 Å².